The summed E-state index contributed by atoms with van der Waals surface area (Å²) in [7, 11) is 0. The van der Waals surface area contributed by atoms with Crippen LogP contribution in [0.4, 0.5) is 23.1 Å². The van der Waals surface area contributed by atoms with E-state index in [2.05, 4.69) is 65.1 Å². The van der Waals surface area contributed by atoms with Crippen molar-refractivity contribution in [1.29, 1.82) is 0 Å². The van der Waals surface area contributed by atoms with Gasteiger partial charge in [0.05, 0.1) is 0 Å². The molecule has 0 unspecified atom stereocenters. The molecule has 1 saturated heterocycles. The van der Waals surface area contributed by atoms with Crippen LogP contribution in [0, 0.1) is 13.8 Å². The maximum atomic E-state index is 4.74. The summed E-state index contributed by atoms with van der Waals surface area (Å²) >= 11 is 0. The van der Waals surface area contributed by atoms with E-state index in [4.69, 9.17) is 4.98 Å². The predicted molar refractivity (Wildman–Crippen MR) is 106 cm³/mol. The molecule has 3 rings (SSSR count). The number of rotatable bonds is 6. The normalized spacial score (nSPS) is 14.0. The van der Waals surface area contributed by atoms with Gasteiger partial charge in [0.1, 0.15) is 5.82 Å². The van der Waals surface area contributed by atoms with Crippen LogP contribution in [0.1, 0.15) is 37.9 Å². The fraction of sp³-hybridized carbons (Fsp3) is 0.500. The number of anilines is 4. The van der Waals surface area contributed by atoms with Crippen molar-refractivity contribution in [1.82, 2.24) is 9.97 Å². The average molecular weight is 339 g/mol. The first-order valence-electron chi connectivity index (χ1n) is 9.34. The molecule has 1 aliphatic heterocycles. The number of hydrogen-bond donors (Lipinski definition) is 1. The highest BCUT2D eigenvalue weighted by molar-refractivity contribution is 5.64. The van der Waals surface area contributed by atoms with Crippen LogP contribution < -0.4 is 15.1 Å². The fourth-order valence-corrected chi connectivity index (χ4v) is 3.41. The van der Waals surface area contributed by atoms with Crippen LogP contribution in [0.25, 0.3) is 0 Å². The molecule has 1 aliphatic rings. The van der Waals surface area contributed by atoms with Gasteiger partial charge in [-0.25, -0.2) is 4.98 Å². The van der Waals surface area contributed by atoms with Crippen molar-refractivity contribution in [3.05, 3.63) is 35.5 Å². The summed E-state index contributed by atoms with van der Waals surface area (Å²) in [4.78, 5) is 14.0. The maximum absolute atomic E-state index is 4.74. The summed E-state index contributed by atoms with van der Waals surface area (Å²) in [5.74, 6) is 1.71. The van der Waals surface area contributed by atoms with Gasteiger partial charge in [-0.3, -0.25) is 0 Å². The summed E-state index contributed by atoms with van der Waals surface area (Å²) < 4.78 is 0. The van der Waals surface area contributed by atoms with Crippen molar-refractivity contribution in [3.63, 3.8) is 0 Å². The number of aromatic nitrogens is 2. The third kappa shape index (κ3) is 4.03. The summed E-state index contributed by atoms with van der Waals surface area (Å²) in [6, 6.07) is 8.60. The molecule has 2 heterocycles. The molecular weight excluding hydrogens is 310 g/mol. The second-order valence-electron chi connectivity index (χ2n) is 6.68. The van der Waals surface area contributed by atoms with Gasteiger partial charge in [-0.1, -0.05) is 0 Å². The molecule has 1 N–H and O–H groups in total. The monoisotopic (exact) mass is 339 g/mol. The first-order chi connectivity index (χ1) is 12.1. The van der Waals surface area contributed by atoms with Crippen molar-refractivity contribution >= 4 is 23.1 Å². The van der Waals surface area contributed by atoms with Gasteiger partial charge in [-0.2, -0.15) is 4.98 Å². The Morgan fingerprint density at radius 3 is 2.40 bits per heavy atom. The first kappa shape index (κ1) is 17.5. The highest BCUT2D eigenvalue weighted by atomic mass is 15.2. The zero-order chi connectivity index (χ0) is 17.8. The van der Waals surface area contributed by atoms with Crippen LogP contribution in [0.5, 0.6) is 0 Å². The lowest BCUT2D eigenvalue weighted by Gasteiger charge is -2.22. The Kier molecular flexibility index (Phi) is 5.41. The molecule has 0 radical (unpaired) electrons. The zero-order valence-corrected chi connectivity index (χ0v) is 15.8. The van der Waals surface area contributed by atoms with Crippen molar-refractivity contribution in [3.8, 4) is 0 Å². The smallest absolute Gasteiger partial charge is 0.229 e. The van der Waals surface area contributed by atoms with Gasteiger partial charge in [0.2, 0.25) is 5.95 Å². The molecule has 2 aromatic rings. The molecule has 5 nitrogen and oxygen atoms in total. The molecule has 1 aromatic heterocycles. The highest BCUT2D eigenvalue weighted by Crippen LogP contribution is 2.26. The van der Waals surface area contributed by atoms with E-state index in [-0.39, 0.29) is 0 Å². The summed E-state index contributed by atoms with van der Waals surface area (Å²) in [6.07, 6.45) is 2.50. The van der Waals surface area contributed by atoms with Crippen molar-refractivity contribution in [2.75, 3.05) is 41.3 Å². The maximum Gasteiger partial charge on any atom is 0.229 e. The van der Waals surface area contributed by atoms with E-state index in [0.29, 0.717) is 5.95 Å². The molecule has 25 heavy (non-hydrogen) atoms. The molecule has 0 aliphatic carbocycles. The van der Waals surface area contributed by atoms with Gasteiger partial charge in [0.15, 0.2) is 0 Å². The minimum Gasteiger partial charge on any atom is -0.372 e. The Balaban J connectivity index is 1.82. The van der Waals surface area contributed by atoms with E-state index < -0.39 is 0 Å². The molecule has 0 saturated carbocycles. The lowest BCUT2D eigenvalue weighted by molar-refractivity contribution is 0.865. The Bertz CT molecular complexity index is 718. The number of benzene rings is 1. The molecule has 134 valence electrons. The van der Waals surface area contributed by atoms with Crippen molar-refractivity contribution in [2.24, 2.45) is 0 Å². The number of nitrogens with zero attached hydrogens (tertiary/aromatic N) is 4. The predicted octanol–water partition coefficient (Wildman–Crippen LogP) is 4.28. The molecule has 5 heteroatoms. The minimum absolute atomic E-state index is 0.681. The van der Waals surface area contributed by atoms with Crippen LogP contribution in [-0.2, 0) is 0 Å². The van der Waals surface area contributed by atoms with Gasteiger partial charge in [0.25, 0.3) is 0 Å². The third-order valence-corrected chi connectivity index (χ3v) is 4.86. The van der Waals surface area contributed by atoms with E-state index >= 15 is 0 Å². The van der Waals surface area contributed by atoms with Gasteiger partial charge >= 0.3 is 0 Å². The number of aryl methyl sites for hydroxylation is 2. The molecule has 1 fully saturated rings. The second kappa shape index (κ2) is 7.72. The van der Waals surface area contributed by atoms with E-state index in [0.717, 1.165) is 43.4 Å². The average Bonchev–Trinajstić information content (AvgIpc) is 3.12. The fourth-order valence-electron chi connectivity index (χ4n) is 3.41. The quantitative estimate of drug-likeness (QED) is 0.851. The lowest BCUT2D eigenvalue weighted by atomic mass is 10.1. The largest absolute Gasteiger partial charge is 0.372 e. The lowest BCUT2D eigenvalue weighted by Crippen LogP contribution is -2.21. The summed E-state index contributed by atoms with van der Waals surface area (Å²) in [5, 5.41) is 3.41. The van der Waals surface area contributed by atoms with Crippen LogP contribution in [0.2, 0.25) is 0 Å². The van der Waals surface area contributed by atoms with Crippen molar-refractivity contribution in [2.45, 2.75) is 40.5 Å². The molecule has 0 amide bonds. The minimum atomic E-state index is 0.681. The molecule has 1 aromatic carbocycles. The molecule has 0 spiro atoms. The standard InChI is InChI=1S/C20H29N5/c1-5-24(6-2)17-9-10-18(15(3)13-17)22-20-21-16(4)14-19(23-20)25-11-7-8-12-25/h9-10,13-14H,5-8,11-12H2,1-4H3,(H,21,22,23). The van der Waals surface area contributed by atoms with Gasteiger partial charge in [-0.05, 0) is 64.3 Å². The van der Waals surface area contributed by atoms with Crippen molar-refractivity contribution < 1.29 is 0 Å². The Hall–Kier alpha value is -2.30. The topological polar surface area (TPSA) is 44.3 Å². The SMILES string of the molecule is CCN(CC)c1ccc(Nc2nc(C)cc(N3CCCC3)n2)c(C)c1. The summed E-state index contributed by atoms with van der Waals surface area (Å²) in [5.41, 5.74) is 4.53. The van der Waals surface area contributed by atoms with E-state index in [1.165, 1.54) is 24.1 Å². The second-order valence-corrected chi connectivity index (χ2v) is 6.68. The van der Waals surface area contributed by atoms with E-state index in [1.54, 1.807) is 0 Å². The highest BCUT2D eigenvalue weighted by Gasteiger charge is 2.15. The number of hydrogen-bond acceptors (Lipinski definition) is 5. The first-order valence-corrected chi connectivity index (χ1v) is 9.34. The van der Waals surface area contributed by atoms with Crippen LogP contribution >= 0.6 is 0 Å². The van der Waals surface area contributed by atoms with Crippen LogP contribution in [0.3, 0.4) is 0 Å². The van der Waals surface area contributed by atoms with Gasteiger partial charge < -0.3 is 15.1 Å². The van der Waals surface area contributed by atoms with Gasteiger partial charge in [0, 0.05) is 49.3 Å². The number of nitrogens with one attached hydrogen (secondary N) is 1. The molecule has 0 bridgehead atoms. The van der Waals surface area contributed by atoms with E-state index in [1.807, 2.05) is 6.92 Å². The Morgan fingerprint density at radius 1 is 1.04 bits per heavy atom. The van der Waals surface area contributed by atoms with Gasteiger partial charge in [-0.15, -0.1) is 0 Å². The van der Waals surface area contributed by atoms with E-state index in [9.17, 15) is 0 Å². The Labute approximate surface area is 151 Å². The third-order valence-electron chi connectivity index (χ3n) is 4.86. The zero-order valence-electron chi connectivity index (χ0n) is 15.8. The molecular formula is C20H29N5. The summed E-state index contributed by atoms with van der Waals surface area (Å²) in [6.45, 7) is 12.7. The molecule has 0 atom stereocenters. The van der Waals surface area contributed by atoms with Crippen LogP contribution in [0.15, 0.2) is 24.3 Å². The van der Waals surface area contributed by atoms with Crippen LogP contribution in [-0.4, -0.2) is 36.1 Å². The Morgan fingerprint density at radius 2 is 1.76 bits per heavy atom.